The summed E-state index contributed by atoms with van der Waals surface area (Å²) in [6.45, 7) is 7.87. The van der Waals surface area contributed by atoms with Gasteiger partial charge in [0, 0.05) is 37.7 Å². The lowest BCUT2D eigenvalue weighted by atomic mass is 10.2. The number of rotatable bonds is 6. The second kappa shape index (κ2) is 10.2. The normalized spacial score (nSPS) is 18.2. The molecule has 0 N–H and O–H groups in total. The minimum atomic E-state index is 0.294. The molecule has 2 fully saturated rings. The smallest absolute Gasteiger partial charge is 0.236 e. The zero-order valence-electron chi connectivity index (χ0n) is 19.1. The monoisotopic (exact) mass is 465 g/mol. The molecular weight excluding hydrogens is 434 g/mol. The summed E-state index contributed by atoms with van der Waals surface area (Å²) in [6.07, 6.45) is 3.36. The summed E-state index contributed by atoms with van der Waals surface area (Å²) in [5, 5.41) is 0.714. The Bertz CT molecular complexity index is 1090. The highest BCUT2D eigenvalue weighted by atomic mass is 35.5. The molecule has 7 heteroatoms. The first-order chi connectivity index (χ1) is 16.2. The predicted molar refractivity (Wildman–Crippen MR) is 132 cm³/mol. The van der Waals surface area contributed by atoms with Crippen molar-refractivity contribution in [3.63, 3.8) is 0 Å². The van der Waals surface area contributed by atoms with Crippen LogP contribution in [-0.2, 0) is 17.9 Å². The molecule has 0 bridgehead atoms. The SMILES string of the molecule is O=C(CN1CCCN(Cc2nc3cc(Cl)ccc3n2Cc2ccccc2)CC1)N1CCCC1. The molecule has 0 aliphatic carbocycles. The first-order valence-corrected chi connectivity index (χ1v) is 12.4. The van der Waals surface area contributed by atoms with Crippen LogP contribution in [0.25, 0.3) is 11.0 Å². The van der Waals surface area contributed by atoms with Crippen molar-refractivity contribution in [3.05, 3.63) is 64.9 Å². The third-order valence-electron chi connectivity index (χ3n) is 6.84. The highest BCUT2D eigenvalue weighted by Crippen LogP contribution is 2.23. The summed E-state index contributed by atoms with van der Waals surface area (Å²) in [7, 11) is 0. The van der Waals surface area contributed by atoms with E-state index in [1.54, 1.807) is 0 Å². The quantitative estimate of drug-likeness (QED) is 0.554. The molecule has 0 atom stereocenters. The van der Waals surface area contributed by atoms with E-state index in [1.807, 2.05) is 23.1 Å². The van der Waals surface area contributed by atoms with E-state index in [1.165, 1.54) is 5.56 Å². The number of imidazole rings is 1. The van der Waals surface area contributed by atoms with Gasteiger partial charge in [0.2, 0.25) is 5.91 Å². The van der Waals surface area contributed by atoms with Crippen LogP contribution in [0.3, 0.4) is 0 Å². The van der Waals surface area contributed by atoms with Crippen LogP contribution in [0.1, 0.15) is 30.7 Å². The topological polar surface area (TPSA) is 44.6 Å². The Balaban J connectivity index is 1.29. The summed E-state index contributed by atoms with van der Waals surface area (Å²) < 4.78 is 2.32. The molecule has 1 aromatic heterocycles. The Morgan fingerprint density at radius 1 is 0.848 bits per heavy atom. The number of benzene rings is 2. The van der Waals surface area contributed by atoms with Gasteiger partial charge in [0.25, 0.3) is 0 Å². The summed E-state index contributed by atoms with van der Waals surface area (Å²) >= 11 is 6.26. The van der Waals surface area contributed by atoms with Crippen molar-refractivity contribution in [1.82, 2.24) is 24.3 Å². The van der Waals surface area contributed by atoms with E-state index >= 15 is 0 Å². The fourth-order valence-corrected chi connectivity index (χ4v) is 5.18. The van der Waals surface area contributed by atoms with Crippen molar-refractivity contribution in [2.24, 2.45) is 0 Å². The predicted octanol–water partition coefficient (Wildman–Crippen LogP) is 3.87. The first kappa shape index (κ1) is 22.4. The van der Waals surface area contributed by atoms with Gasteiger partial charge >= 0.3 is 0 Å². The van der Waals surface area contributed by atoms with Crippen LogP contribution in [0.4, 0.5) is 0 Å². The van der Waals surface area contributed by atoms with Gasteiger partial charge in [-0.2, -0.15) is 0 Å². The highest BCUT2D eigenvalue weighted by Gasteiger charge is 2.23. The molecule has 0 saturated carbocycles. The Kier molecular flexibility index (Phi) is 6.95. The lowest BCUT2D eigenvalue weighted by Gasteiger charge is -2.24. The van der Waals surface area contributed by atoms with E-state index in [2.05, 4.69) is 44.7 Å². The molecular formula is C26H32ClN5O. The van der Waals surface area contributed by atoms with E-state index in [-0.39, 0.29) is 0 Å². The van der Waals surface area contributed by atoms with E-state index in [0.717, 1.165) is 88.5 Å². The fourth-order valence-electron chi connectivity index (χ4n) is 5.01. The maximum absolute atomic E-state index is 12.6. The molecule has 33 heavy (non-hydrogen) atoms. The Morgan fingerprint density at radius 2 is 1.61 bits per heavy atom. The van der Waals surface area contributed by atoms with Crippen molar-refractivity contribution in [2.75, 3.05) is 45.8 Å². The van der Waals surface area contributed by atoms with Gasteiger partial charge in [0.05, 0.1) is 24.1 Å². The number of aromatic nitrogens is 2. The number of carbonyl (C=O) groups is 1. The van der Waals surface area contributed by atoms with Gasteiger partial charge < -0.3 is 9.47 Å². The molecule has 5 rings (SSSR count). The molecule has 174 valence electrons. The third-order valence-corrected chi connectivity index (χ3v) is 7.07. The number of fused-ring (bicyclic) bond motifs is 1. The second-order valence-electron chi connectivity index (χ2n) is 9.23. The zero-order valence-corrected chi connectivity index (χ0v) is 19.9. The van der Waals surface area contributed by atoms with Crippen LogP contribution in [-0.4, -0.2) is 76.0 Å². The number of amides is 1. The van der Waals surface area contributed by atoms with Crippen LogP contribution >= 0.6 is 11.6 Å². The molecule has 2 aliphatic rings. The highest BCUT2D eigenvalue weighted by molar-refractivity contribution is 6.31. The van der Waals surface area contributed by atoms with Crippen molar-refractivity contribution in [1.29, 1.82) is 0 Å². The minimum Gasteiger partial charge on any atom is -0.342 e. The number of halogens is 1. The average Bonchev–Trinajstić information content (AvgIpc) is 3.40. The van der Waals surface area contributed by atoms with Gasteiger partial charge in [-0.05, 0) is 56.1 Å². The number of nitrogens with zero attached hydrogens (tertiary/aromatic N) is 5. The lowest BCUT2D eigenvalue weighted by Crippen LogP contribution is -2.40. The molecule has 0 unspecified atom stereocenters. The summed E-state index contributed by atoms with van der Waals surface area (Å²) in [6, 6.07) is 16.5. The summed E-state index contributed by atoms with van der Waals surface area (Å²) in [5.74, 6) is 1.36. The number of likely N-dealkylation sites (tertiary alicyclic amines) is 1. The van der Waals surface area contributed by atoms with E-state index in [4.69, 9.17) is 16.6 Å². The molecule has 0 spiro atoms. The van der Waals surface area contributed by atoms with E-state index in [9.17, 15) is 4.79 Å². The largest absolute Gasteiger partial charge is 0.342 e. The van der Waals surface area contributed by atoms with Gasteiger partial charge in [-0.15, -0.1) is 0 Å². The van der Waals surface area contributed by atoms with Crippen LogP contribution in [0, 0.1) is 0 Å². The van der Waals surface area contributed by atoms with Crippen LogP contribution < -0.4 is 0 Å². The Morgan fingerprint density at radius 3 is 2.42 bits per heavy atom. The third kappa shape index (κ3) is 5.40. The minimum absolute atomic E-state index is 0.294. The number of hydrogen-bond acceptors (Lipinski definition) is 4. The molecule has 6 nitrogen and oxygen atoms in total. The van der Waals surface area contributed by atoms with E-state index < -0.39 is 0 Å². The fraction of sp³-hybridized carbons (Fsp3) is 0.462. The van der Waals surface area contributed by atoms with Crippen LogP contribution in [0.5, 0.6) is 0 Å². The van der Waals surface area contributed by atoms with Crippen molar-refractivity contribution < 1.29 is 4.79 Å². The molecule has 2 saturated heterocycles. The molecule has 2 aromatic carbocycles. The molecule has 0 radical (unpaired) electrons. The number of carbonyl (C=O) groups excluding carboxylic acids is 1. The Labute approximate surface area is 200 Å². The first-order valence-electron chi connectivity index (χ1n) is 12.1. The van der Waals surface area contributed by atoms with E-state index in [0.29, 0.717) is 17.5 Å². The van der Waals surface area contributed by atoms with Crippen LogP contribution in [0.15, 0.2) is 48.5 Å². The maximum Gasteiger partial charge on any atom is 0.236 e. The molecule has 2 aliphatic heterocycles. The molecule has 3 aromatic rings. The van der Waals surface area contributed by atoms with Crippen molar-refractivity contribution in [2.45, 2.75) is 32.4 Å². The Hall–Kier alpha value is -2.41. The molecule has 3 heterocycles. The van der Waals surface area contributed by atoms with Gasteiger partial charge in [0.1, 0.15) is 5.82 Å². The maximum atomic E-state index is 12.6. The molecule has 1 amide bonds. The summed E-state index contributed by atoms with van der Waals surface area (Å²) in [4.78, 5) is 24.4. The zero-order chi connectivity index (χ0) is 22.6. The van der Waals surface area contributed by atoms with Crippen molar-refractivity contribution in [3.8, 4) is 0 Å². The van der Waals surface area contributed by atoms with Crippen LogP contribution in [0.2, 0.25) is 5.02 Å². The number of hydrogen-bond donors (Lipinski definition) is 0. The van der Waals surface area contributed by atoms with Gasteiger partial charge in [-0.1, -0.05) is 41.9 Å². The van der Waals surface area contributed by atoms with Gasteiger partial charge in [-0.3, -0.25) is 14.6 Å². The summed E-state index contributed by atoms with van der Waals surface area (Å²) in [5.41, 5.74) is 3.32. The standard InChI is InChI=1S/C26H32ClN5O/c27-22-9-10-24-23(17-22)28-25(32(24)18-21-7-2-1-3-8-21)19-29-11-6-12-30(16-15-29)20-26(33)31-13-4-5-14-31/h1-3,7-10,17H,4-6,11-16,18-20H2. The van der Waals surface area contributed by atoms with Gasteiger partial charge in [0.15, 0.2) is 0 Å². The van der Waals surface area contributed by atoms with Gasteiger partial charge in [-0.25, -0.2) is 4.98 Å². The average molecular weight is 466 g/mol. The van der Waals surface area contributed by atoms with Crippen molar-refractivity contribution >= 4 is 28.5 Å². The second-order valence-corrected chi connectivity index (χ2v) is 9.66. The lowest BCUT2D eigenvalue weighted by molar-refractivity contribution is -0.131.